The Hall–Kier alpha value is -1.38. The van der Waals surface area contributed by atoms with Gasteiger partial charge in [0.15, 0.2) is 0 Å². The summed E-state index contributed by atoms with van der Waals surface area (Å²) < 4.78 is 5.18. The predicted molar refractivity (Wildman–Crippen MR) is 80.1 cm³/mol. The van der Waals surface area contributed by atoms with Gasteiger partial charge in [-0.25, -0.2) is 4.79 Å². The van der Waals surface area contributed by atoms with Gasteiger partial charge in [-0.05, 0) is 50.7 Å². The molecule has 1 aromatic rings. The normalized spacial score (nSPS) is 15.1. The SMILES string of the molecule is CCCc1nc2c(cc1C(=O)OCC)CCCCCC2. The maximum absolute atomic E-state index is 12.1. The van der Waals surface area contributed by atoms with Crippen LogP contribution in [0.2, 0.25) is 0 Å². The van der Waals surface area contributed by atoms with Crippen molar-refractivity contribution >= 4 is 5.97 Å². The van der Waals surface area contributed by atoms with E-state index in [9.17, 15) is 4.79 Å². The van der Waals surface area contributed by atoms with Crippen molar-refractivity contribution in [1.82, 2.24) is 4.98 Å². The molecule has 0 saturated heterocycles. The number of fused-ring (bicyclic) bond motifs is 1. The molecule has 0 N–H and O–H groups in total. The number of esters is 1. The minimum atomic E-state index is -0.215. The zero-order chi connectivity index (χ0) is 14.4. The molecule has 0 aliphatic heterocycles. The first-order valence-corrected chi connectivity index (χ1v) is 7.95. The molecule has 2 rings (SSSR count). The van der Waals surface area contributed by atoms with Gasteiger partial charge in [0.1, 0.15) is 0 Å². The van der Waals surface area contributed by atoms with Gasteiger partial charge >= 0.3 is 5.97 Å². The number of ether oxygens (including phenoxy) is 1. The third-order valence-corrected chi connectivity index (χ3v) is 3.86. The van der Waals surface area contributed by atoms with Gasteiger partial charge in [-0.2, -0.15) is 0 Å². The summed E-state index contributed by atoms with van der Waals surface area (Å²) in [5.41, 5.74) is 4.08. The van der Waals surface area contributed by atoms with E-state index >= 15 is 0 Å². The summed E-state index contributed by atoms with van der Waals surface area (Å²) in [7, 11) is 0. The third-order valence-electron chi connectivity index (χ3n) is 3.86. The molecule has 3 nitrogen and oxygen atoms in total. The smallest absolute Gasteiger partial charge is 0.339 e. The van der Waals surface area contributed by atoms with E-state index in [-0.39, 0.29) is 5.97 Å². The molecule has 20 heavy (non-hydrogen) atoms. The Kier molecular flexibility index (Phi) is 5.57. The van der Waals surface area contributed by atoms with Crippen molar-refractivity contribution in [2.24, 2.45) is 0 Å². The van der Waals surface area contributed by atoms with Crippen molar-refractivity contribution in [3.8, 4) is 0 Å². The fraction of sp³-hybridized carbons (Fsp3) is 0.647. The van der Waals surface area contributed by atoms with Gasteiger partial charge in [0.05, 0.1) is 17.9 Å². The van der Waals surface area contributed by atoms with E-state index < -0.39 is 0 Å². The number of aryl methyl sites for hydroxylation is 3. The minimum absolute atomic E-state index is 0.215. The number of carbonyl (C=O) groups excluding carboxylic acids is 1. The second-order valence-electron chi connectivity index (χ2n) is 5.47. The van der Waals surface area contributed by atoms with Gasteiger partial charge in [0, 0.05) is 5.69 Å². The van der Waals surface area contributed by atoms with Crippen molar-refractivity contribution in [2.75, 3.05) is 6.61 Å². The van der Waals surface area contributed by atoms with Crippen LogP contribution in [0.15, 0.2) is 6.07 Å². The Bertz CT molecular complexity index is 468. The van der Waals surface area contributed by atoms with Gasteiger partial charge in [-0.1, -0.05) is 26.2 Å². The minimum Gasteiger partial charge on any atom is -0.462 e. The number of pyridine rings is 1. The molecule has 0 saturated carbocycles. The number of hydrogen-bond donors (Lipinski definition) is 0. The van der Waals surface area contributed by atoms with Gasteiger partial charge in [-0.3, -0.25) is 4.98 Å². The first-order valence-electron chi connectivity index (χ1n) is 7.95. The van der Waals surface area contributed by atoms with Crippen LogP contribution in [0, 0.1) is 0 Å². The first kappa shape index (κ1) is 15.0. The zero-order valence-electron chi connectivity index (χ0n) is 12.7. The third kappa shape index (κ3) is 3.59. The quantitative estimate of drug-likeness (QED) is 0.783. The molecule has 0 spiro atoms. The van der Waals surface area contributed by atoms with Crippen LogP contribution >= 0.6 is 0 Å². The predicted octanol–water partition coefficient (Wildman–Crippen LogP) is 3.87. The number of carbonyl (C=O) groups is 1. The van der Waals surface area contributed by atoms with Crippen LogP contribution in [-0.2, 0) is 24.0 Å². The maximum Gasteiger partial charge on any atom is 0.339 e. The van der Waals surface area contributed by atoms with Crippen LogP contribution in [0.1, 0.15) is 73.3 Å². The number of hydrogen-bond acceptors (Lipinski definition) is 3. The Balaban J connectivity index is 2.37. The summed E-state index contributed by atoms with van der Waals surface area (Å²) in [6.45, 7) is 4.38. The van der Waals surface area contributed by atoms with E-state index in [2.05, 4.69) is 13.0 Å². The molecular formula is C17H25NO2. The molecule has 3 heteroatoms. The van der Waals surface area contributed by atoms with E-state index in [1.54, 1.807) is 0 Å². The molecule has 1 aliphatic carbocycles. The molecule has 0 amide bonds. The Labute approximate surface area is 121 Å². The molecule has 0 aromatic carbocycles. The van der Waals surface area contributed by atoms with Crippen LogP contribution in [0.5, 0.6) is 0 Å². The highest BCUT2D eigenvalue weighted by Gasteiger charge is 2.18. The van der Waals surface area contributed by atoms with E-state index in [4.69, 9.17) is 9.72 Å². The summed E-state index contributed by atoms with van der Waals surface area (Å²) in [6.07, 6.45) is 8.93. The molecule has 1 aliphatic rings. The van der Waals surface area contributed by atoms with Gasteiger partial charge in [0.2, 0.25) is 0 Å². The van der Waals surface area contributed by atoms with Crippen LogP contribution in [0.4, 0.5) is 0 Å². The first-order chi connectivity index (χ1) is 9.76. The van der Waals surface area contributed by atoms with Crippen LogP contribution in [0.25, 0.3) is 0 Å². The Morgan fingerprint density at radius 2 is 1.95 bits per heavy atom. The molecule has 1 heterocycles. The van der Waals surface area contributed by atoms with Crippen molar-refractivity contribution in [1.29, 1.82) is 0 Å². The lowest BCUT2D eigenvalue weighted by Gasteiger charge is -2.17. The van der Waals surface area contributed by atoms with Crippen molar-refractivity contribution < 1.29 is 9.53 Å². The largest absolute Gasteiger partial charge is 0.462 e. The molecule has 0 radical (unpaired) electrons. The summed E-state index contributed by atoms with van der Waals surface area (Å²) >= 11 is 0. The van der Waals surface area contributed by atoms with Gasteiger partial charge in [-0.15, -0.1) is 0 Å². The van der Waals surface area contributed by atoms with Crippen molar-refractivity contribution in [3.05, 3.63) is 28.6 Å². The molecule has 1 aromatic heterocycles. The fourth-order valence-electron chi connectivity index (χ4n) is 2.84. The molecule has 0 unspecified atom stereocenters. The average molecular weight is 275 g/mol. The average Bonchev–Trinajstić information content (AvgIpc) is 2.41. The Morgan fingerprint density at radius 1 is 1.20 bits per heavy atom. The zero-order valence-corrected chi connectivity index (χ0v) is 12.7. The number of rotatable bonds is 4. The summed E-state index contributed by atoms with van der Waals surface area (Å²) in [5, 5.41) is 0. The van der Waals surface area contributed by atoms with Crippen LogP contribution < -0.4 is 0 Å². The van der Waals surface area contributed by atoms with Crippen LogP contribution in [-0.4, -0.2) is 17.6 Å². The monoisotopic (exact) mass is 275 g/mol. The van der Waals surface area contributed by atoms with Gasteiger partial charge in [0.25, 0.3) is 0 Å². The molecule has 110 valence electrons. The highest BCUT2D eigenvalue weighted by Crippen LogP contribution is 2.22. The van der Waals surface area contributed by atoms with E-state index in [1.165, 1.54) is 36.9 Å². The lowest BCUT2D eigenvalue weighted by molar-refractivity contribution is 0.0524. The van der Waals surface area contributed by atoms with E-state index in [0.717, 1.165) is 31.4 Å². The van der Waals surface area contributed by atoms with Gasteiger partial charge < -0.3 is 4.74 Å². The Morgan fingerprint density at radius 3 is 2.65 bits per heavy atom. The highest BCUT2D eigenvalue weighted by atomic mass is 16.5. The highest BCUT2D eigenvalue weighted by molar-refractivity contribution is 5.90. The lowest BCUT2D eigenvalue weighted by atomic mass is 9.94. The standard InChI is InChI=1S/C17H25NO2/c1-3-9-16-14(17(19)20-4-2)12-13-10-7-5-6-8-11-15(13)18-16/h12H,3-11H2,1-2H3. The van der Waals surface area contributed by atoms with Crippen molar-refractivity contribution in [3.63, 3.8) is 0 Å². The summed E-state index contributed by atoms with van der Waals surface area (Å²) in [5.74, 6) is -0.215. The molecule has 0 bridgehead atoms. The second kappa shape index (κ2) is 7.41. The van der Waals surface area contributed by atoms with Crippen molar-refractivity contribution in [2.45, 2.75) is 65.2 Å². The molecule has 0 atom stereocenters. The van der Waals surface area contributed by atoms with E-state index in [0.29, 0.717) is 12.2 Å². The van der Waals surface area contributed by atoms with E-state index in [1.807, 2.05) is 6.92 Å². The second-order valence-corrected chi connectivity index (χ2v) is 5.47. The molecular weight excluding hydrogens is 250 g/mol. The summed E-state index contributed by atoms with van der Waals surface area (Å²) in [6, 6.07) is 2.05. The fourth-order valence-corrected chi connectivity index (χ4v) is 2.84. The maximum atomic E-state index is 12.1. The van der Waals surface area contributed by atoms with Crippen LogP contribution in [0.3, 0.4) is 0 Å². The number of nitrogens with zero attached hydrogens (tertiary/aromatic N) is 1. The lowest BCUT2D eigenvalue weighted by Crippen LogP contribution is -2.14. The number of aromatic nitrogens is 1. The topological polar surface area (TPSA) is 39.2 Å². The summed E-state index contributed by atoms with van der Waals surface area (Å²) in [4.78, 5) is 16.9. The molecule has 0 fully saturated rings.